The molecule has 0 aromatic carbocycles. The van der Waals surface area contributed by atoms with E-state index < -0.39 is 6.10 Å². The molecule has 6 heteroatoms. The third-order valence-electron chi connectivity index (χ3n) is 11.1. The lowest BCUT2D eigenvalue weighted by Gasteiger charge is -2.18. The second kappa shape index (κ2) is 52.9. The second-order valence-electron chi connectivity index (χ2n) is 17.4. The minimum absolute atomic E-state index is 0.0835. The lowest BCUT2D eigenvalue weighted by molar-refractivity contribution is -0.167. The molecule has 370 valence electrons. The van der Waals surface area contributed by atoms with Crippen molar-refractivity contribution >= 4 is 17.9 Å². The summed E-state index contributed by atoms with van der Waals surface area (Å²) in [6, 6.07) is 0. The number of esters is 3. The molecule has 0 aliphatic carbocycles. The number of hydrogen-bond acceptors (Lipinski definition) is 6. The minimum atomic E-state index is -0.782. The summed E-state index contributed by atoms with van der Waals surface area (Å²) in [7, 11) is 0. The molecule has 0 heterocycles. The molecule has 0 bridgehead atoms. The van der Waals surface area contributed by atoms with Crippen LogP contribution in [0, 0.1) is 0 Å². The molecule has 0 aromatic rings. The molecule has 0 aromatic heterocycles. The van der Waals surface area contributed by atoms with E-state index >= 15 is 0 Å². The van der Waals surface area contributed by atoms with Crippen LogP contribution < -0.4 is 0 Å². The first-order chi connectivity index (χ1) is 32.0. The number of ether oxygens (including phenoxy) is 3. The fourth-order valence-electron chi connectivity index (χ4n) is 7.10. The Morgan fingerprint density at radius 2 is 0.600 bits per heavy atom. The van der Waals surface area contributed by atoms with E-state index in [9.17, 15) is 14.4 Å². The molecule has 0 spiro atoms. The minimum Gasteiger partial charge on any atom is -0.462 e. The average Bonchev–Trinajstić information content (AvgIpc) is 3.30. The third-order valence-corrected chi connectivity index (χ3v) is 11.1. The number of carbonyl (C=O) groups is 3. The maximum absolute atomic E-state index is 12.7. The van der Waals surface area contributed by atoms with E-state index in [0.29, 0.717) is 19.3 Å². The summed E-state index contributed by atoms with van der Waals surface area (Å²) < 4.78 is 16.7. The highest BCUT2D eigenvalue weighted by Gasteiger charge is 2.19. The average molecular weight is 903 g/mol. The highest BCUT2D eigenvalue weighted by molar-refractivity contribution is 5.71. The Kier molecular flexibility index (Phi) is 50.0. The topological polar surface area (TPSA) is 78.9 Å². The quantitative estimate of drug-likeness (QED) is 0.0262. The van der Waals surface area contributed by atoms with Crippen LogP contribution in [0.5, 0.6) is 0 Å². The van der Waals surface area contributed by atoms with Gasteiger partial charge in [0.05, 0.1) is 0 Å². The van der Waals surface area contributed by atoms with Crippen LogP contribution in [0.2, 0.25) is 0 Å². The van der Waals surface area contributed by atoms with Gasteiger partial charge in [0, 0.05) is 19.3 Å². The van der Waals surface area contributed by atoms with Crippen molar-refractivity contribution in [1.82, 2.24) is 0 Å². The summed E-state index contributed by atoms with van der Waals surface area (Å²) in [5.41, 5.74) is 0. The van der Waals surface area contributed by atoms with Gasteiger partial charge in [0.25, 0.3) is 0 Å². The summed E-state index contributed by atoms with van der Waals surface area (Å²) in [5, 5.41) is 0. The molecule has 0 amide bonds. The zero-order valence-electron chi connectivity index (χ0n) is 42.2. The molecule has 0 saturated carbocycles. The van der Waals surface area contributed by atoms with Crippen molar-refractivity contribution in [2.45, 2.75) is 245 Å². The summed E-state index contributed by atoms with van der Waals surface area (Å²) in [5.74, 6) is -0.918. The van der Waals surface area contributed by atoms with Gasteiger partial charge in [0.1, 0.15) is 13.2 Å². The number of hydrogen-bond donors (Lipinski definition) is 0. The number of allylic oxidation sites excluding steroid dienone is 16. The lowest BCUT2D eigenvalue weighted by atomic mass is 10.1. The van der Waals surface area contributed by atoms with Crippen molar-refractivity contribution in [2.24, 2.45) is 0 Å². The Morgan fingerprint density at radius 1 is 0.323 bits per heavy atom. The van der Waals surface area contributed by atoms with E-state index in [4.69, 9.17) is 14.2 Å². The maximum Gasteiger partial charge on any atom is 0.306 e. The van der Waals surface area contributed by atoms with Crippen molar-refractivity contribution < 1.29 is 28.6 Å². The van der Waals surface area contributed by atoms with Crippen molar-refractivity contribution in [3.8, 4) is 0 Å². The van der Waals surface area contributed by atoms with Gasteiger partial charge in [-0.1, -0.05) is 234 Å². The molecule has 0 N–H and O–H groups in total. The van der Waals surface area contributed by atoms with E-state index in [1.54, 1.807) is 0 Å². The summed E-state index contributed by atoms with van der Waals surface area (Å²) in [6.07, 6.45) is 69.8. The van der Waals surface area contributed by atoms with Gasteiger partial charge in [0.2, 0.25) is 0 Å². The smallest absolute Gasteiger partial charge is 0.306 e. The monoisotopic (exact) mass is 903 g/mol. The zero-order chi connectivity index (χ0) is 47.2. The van der Waals surface area contributed by atoms with Gasteiger partial charge >= 0.3 is 17.9 Å². The van der Waals surface area contributed by atoms with Crippen LogP contribution in [0.25, 0.3) is 0 Å². The first kappa shape index (κ1) is 61.3. The summed E-state index contributed by atoms with van der Waals surface area (Å²) >= 11 is 0. The number of rotatable bonds is 47. The first-order valence-corrected chi connectivity index (χ1v) is 26.7. The van der Waals surface area contributed by atoms with Crippen LogP contribution in [0.1, 0.15) is 239 Å². The van der Waals surface area contributed by atoms with Crippen molar-refractivity contribution in [3.63, 3.8) is 0 Å². The summed E-state index contributed by atoms with van der Waals surface area (Å²) in [4.78, 5) is 37.8. The fraction of sp³-hybridized carbons (Fsp3) is 0.678. The van der Waals surface area contributed by atoms with Crippen LogP contribution in [0.3, 0.4) is 0 Å². The molecule has 1 atom stereocenters. The number of unbranched alkanes of at least 4 members (excludes halogenated alkanes) is 20. The lowest BCUT2D eigenvalue weighted by Crippen LogP contribution is -2.30. The molecule has 0 saturated heterocycles. The zero-order valence-corrected chi connectivity index (χ0v) is 42.2. The number of carbonyl (C=O) groups excluding carboxylic acids is 3. The molecule has 0 aliphatic heterocycles. The van der Waals surface area contributed by atoms with E-state index in [0.717, 1.165) is 122 Å². The fourth-order valence-corrected chi connectivity index (χ4v) is 7.10. The van der Waals surface area contributed by atoms with E-state index in [-0.39, 0.29) is 31.1 Å². The third kappa shape index (κ3) is 51.2. The SMILES string of the molecule is CC/C=C\C/C=C\C/C=C\C/C=C\C/C=C\C/C=C\C/C=C\C/C=C\CCCCCCC(=O)OCC(COC(=O)CCCCCCCCCCC)OC(=O)CCCCCCCCCCC. The Balaban J connectivity index is 4.22. The van der Waals surface area contributed by atoms with Crippen LogP contribution in [0.4, 0.5) is 0 Å². The van der Waals surface area contributed by atoms with Gasteiger partial charge in [0.15, 0.2) is 6.10 Å². The van der Waals surface area contributed by atoms with Crippen LogP contribution in [-0.4, -0.2) is 37.2 Å². The Morgan fingerprint density at radius 3 is 0.938 bits per heavy atom. The molecule has 0 aliphatic rings. The second-order valence-corrected chi connectivity index (χ2v) is 17.4. The van der Waals surface area contributed by atoms with Crippen molar-refractivity contribution in [2.75, 3.05) is 13.2 Å². The van der Waals surface area contributed by atoms with Gasteiger partial charge in [-0.15, -0.1) is 0 Å². The van der Waals surface area contributed by atoms with Crippen molar-refractivity contribution in [1.29, 1.82) is 0 Å². The normalized spacial score (nSPS) is 12.8. The Bertz CT molecular complexity index is 1310. The molecule has 0 fully saturated rings. The molecular weight excluding hydrogens is 805 g/mol. The van der Waals surface area contributed by atoms with E-state index in [1.165, 1.54) is 77.0 Å². The van der Waals surface area contributed by atoms with Crippen LogP contribution >= 0.6 is 0 Å². The Labute approximate surface area is 400 Å². The van der Waals surface area contributed by atoms with Crippen LogP contribution in [0.15, 0.2) is 97.2 Å². The molecule has 0 radical (unpaired) electrons. The predicted molar refractivity (Wildman–Crippen MR) is 279 cm³/mol. The standard InChI is InChI=1S/C59H98O6/c1-4-7-10-13-16-19-20-21-22-23-24-25-26-27-28-29-30-31-32-33-34-35-36-37-38-41-43-46-49-52-58(61)64-55-56(65-59(62)53-50-47-44-40-18-15-12-9-6-3)54-63-57(60)51-48-45-42-39-17-14-11-8-5-2/h7,10,16,19,21-22,24-25,27-28,30-31,33-34,36-37,56H,4-6,8-9,11-15,17-18,20,23,26,29,32,35,38-55H2,1-3H3/b10-7-,19-16-,22-21-,25-24-,28-27-,31-30-,34-33-,37-36-. The van der Waals surface area contributed by atoms with Gasteiger partial charge in [-0.3, -0.25) is 14.4 Å². The predicted octanol–water partition coefficient (Wildman–Crippen LogP) is 17.8. The highest BCUT2D eigenvalue weighted by Crippen LogP contribution is 2.14. The summed E-state index contributed by atoms with van der Waals surface area (Å²) in [6.45, 7) is 6.45. The van der Waals surface area contributed by atoms with E-state index in [2.05, 4.69) is 118 Å². The molecule has 1 unspecified atom stereocenters. The van der Waals surface area contributed by atoms with Gasteiger partial charge in [-0.05, 0) is 83.5 Å². The van der Waals surface area contributed by atoms with Crippen LogP contribution in [-0.2, 0) is 28.6 Å². The largest absolute Gasteiger partial charge is 0.462 e. The molecule has 0 rings (SSSR count). The molecule has 6 nitrogen and oxygen atoms in total. The molecule has 65 heavy (non-hydrogen) atoms. The van der Waals surface area contributed by atoms with E-state index in [1.807, 2.05) is 0 Å². The maximum atomic E-state index is 12.7. The Hall–Kier alpha value is -3.67. The highest BCUT2D eigenvalue weighted by atomic mass is 16.6. The van der Waals surface area contributed by atoms with Gasteiger partial charge < -0.3 is 14.2 Å². The van der Waals surface area contributed by atoms with Crippen molar-refractivity contribution in [3.05, 3.63) is 97.2 Å². The first-order valence-electron chi connectivity index (χ1n) is 26.7. The van der Waals surface area contributed by atoms with Gasteiger partial charge in [-0.25, -0.2) is 0 Å². The molecular formula is C59H98O6. The van der Waals surface area contributed by atoms with Gasteiger partial charge in [-0.2, -0.15) is 0 Å².